The maximum absolute atomic E-state index is 14.3. The van der Waals surface area contributed by atoms with Crippen molar-refractivity contribution in [3.8, 4) is 17.1 Å². The molecule has 1 atom stereocenters. The molecule has 2 N–H and O–H groups in total. The van der Waals surface area contributed by atoms with Crippen LogP contribution in [-0.4, -0.2) is 71.6 Å². The third-order valence-electron chi connectivity index (χ3n) is 8.16. The number of rotatable bonds is 9. The average Bonchev–Trinajstić information content (AvgIpc) is 3.04. The zero-order valence-corrected chi connectivity index (χ0v) is 28.3. The second kappa shape index (κ2) is 14.5. The van der Waals surface area contributed by atoms with Crippen LogP contribution < -0.4 is 14.4 Å². The Bertz CT molecular complexity index is 1810. The fourth-order valence-electron chi connectivity index (χ4n) is 5.86. The van der Waals surface area contributed by atoms with Crippen LogP contribution in [0.1, 0.15) is 54.2 Å². The van der Waals surface area contributed by atoms with Crippen molar-refractivity contribution >= 4 is 27.7 Å². The van der Waals surface area contributed by atoms with Gasteiger partial charge in [-0.25, -0.2) is 23.1 Å². The summed E-state index contributed by atoms with van der Waals surface area (Å²) >= 11 is 0. The molecule has 3 heterocycles. The Labute approximate surface area is 276 Å². The van der Waals surface area contributed by atoms with E-state index < -0.39 is 10.0 Å². The predicted octanol–water partition coefficient (Wildman–Crippen LogP) is 5.22. The highest BCUT2D eigenvalue weighted by Gasteiger charge is 2.29. The Morgan fingerprint density at radius 1 is 1.06 bits per heavy atom. The van der Waals surface area contributed by atoms with Gasteiger partial charge < -0.3 is 19.6 Å². The van der Waals surface area contributed by atoms with E-state index in [4.69, 9.17) is 4.74 Å². The molecule has 1 amide bonds. The number of pyridine rings is 1. The average molecular weight is 659 g/mol. The number of aromatic nitrogens is 3. The third kappa shape index (κ3) is 7.88. The third-order valence-corrected chi connectivity index (χ3v) is 9.49. The Kier molecular flexibility index (Phi) is 10.4. The predicted molar refractivity (Wildman–Crippen MR) is 182 cm³/mol. The SMILES string of the molecule is CCN(CCO)c1ccc(CN2C(=O)c3cccc(c3)S(=O)(=O)Nc3nc(cc(-c4c(C)cccc4C)n3)OC[C@H]2CC(C)C)cn1. The number of aliphatic hydroxyl groups excluding tert-OH is 1. The summed E-state index contributed by atoms with van der Waals surface area (Å²) in [6.45, 7) is 11.6. The van der Waals surface area contributed by atoms with E-state index in [0.717, 1.165) is 28.1 Å². The van der Waals surface area contributed by atoms with Gasteiger partial charge in [0.2, 0.25) is 11.8 Å². The zero-order valence-electron chi connectivity index (χ0n) is 27.5. The summed E-state index contributed by atoms with van der Waals surface area (Å²) in [5, 5.41) is 9.43. The van der Waals surface area contributed by atoms with E-state index in [-0.39, 0.29) is 59.9 Å². The maximum atomic E-state index is 14.3. The molecule has 1 aliphatic heterocycles. The minimum Gasteiger partial charge on any atom is -0.475 e. The van der Waals surface area contributed by atoms with E-state index in [1.807, 2.05) is 56.0 Å². The number of hydrogen-bond donors (Lipinski definition) is 2. The number of aliphatic hydroxyl groups is 1. The Hall–Kier alpha value is -4.55. The van der Waals surface area contributed by atoms with Crippen molar-refractivity contribution in [1.29, 1.82) is 0 Å². The van der Waals surface area contributed by atoms with Gasteiger partial charge in [0.15, 0.2) is 0 Å². The van der Waals surface area contributed by atoms with Crippen molar-refractivity contribution in [2.24, 2.45) is 5.92 Å². The molecule has 5 rings (SSSR count). The number of aryl methyl sites for hydroxylation is 2. The summed E-state index contributed by atoms with van der Waals surface area (Å²) < 4.78 is 36.1. The van der Waals surface area contributed by atoms with Gasteiger partial charge in [-0.15, -0.1) is 0 Å². The zero-order chi connectivity index (χ0) is 33.7. The molecule has 0 spiro atoms. The monoisotopic (exact) mass is 658 g/mol. The van der Waals surface area contributed by atoms with Crippen molar-refractivity contribution in [1.82, 2.24) is 19.9 Å². The Morgan fingerprint density at radius 2 is 1.81 bits per heavy atom. The molecule has 248 valence electrons. The number of benzene rings is 2. The number of nitrogens with zero attached hydrogens (tertiary/aromatic N) is 5. The fourth-order valence-corrected chi connectivity index (χ4v) is 6.85. The van der Waals surface area contributed by atoms with Crippen molar-refractivity contribution in [2.45, 2.75) is 58.5 Å². The highest BCUT2D eigenvalue weighted by atomic mass is 32.2. The standard InChI is InChI=1S/C35H42N6O5S/c1-6-40(15-16-42)31-14-13-26(20-36-31)21-41-28(17-23(2)3)22-46-32-19-30(33-24(4)9-7-10-25(33)5)37-35(38-32)39-47(44,45)29-12-8-11-27(18-29)34(41)43/h7-14,18-20,23,28,42H,6,15-17,21-22H2,1-5H3,(H,37,38,39)/t28-/m1/s1. The quantitative estimate of drug-likeness (QED) is 0.248. The van der Waals surface area contributed by atoms with Gasteiger partial charge in [0.25, 0.3) is 15.9 Å². The molecule has 12 heteroatoms. The highest BCUT2D eigenvalue weighted by Crippen LogP contribution is 2.30. The smallest absolute Gasteiger partial charge is 0.264 e. The maximum Gasteiger partial charge on any atom is 0.264 e. The molecule has 11 nitrogen and oxygen atoms in total. The number of amides is 1. The van der Waals surface area contributed by atoms with Gasteiger partial charge in [-0.3, -0.25) is 4.79 Å². The summed E-state index contributed by atoms with van der Waals surface area (Å²) in [5.74, 6) is 0.683. The topological polar surface area (TPSA) is 138 Å². The molecule has 0 fully saturated rings. The van der Waals surface area contributed by atoms with Gasteiger partial charge in [0.05, 0.1) is 23.2 Å². The van der Waals surface area contributed by atoms with Crippen LogP contribution in [0.2, 0.25) is 0 Å². The number of nitrogens with one attached hydrogen (secondary N) is 1. The van der Waals surface area contributed by atoms with Crippen LogP contribution in [-0.2, 0) is 16.6 Å². The van der Waals surface area contributed by atoms with Crippen LogP contribution in [0.15, 0.2) is 71.8 Å². The van der Waals surface area contributed by atoms with Crippen LogP contribution in [0.5, 0.6) is 5.88 Å². The number of ether oxygens (including phenoxy) is 1. The lowest BCUT2D eigenvalue weighted by Gasteiger charge is -2.33. The summed E-state index contributed by atoms with van der Waals surface area (Å²) in [6.07, 6.45) is 2.35. The number of likely N-dealkylation sites (N-methyl/N-ethyl adjacent to an activating group) is 1. The first kappa shape index (κ1) is 33.8. The van der Waals surface area contributed by atoms with Crippen LogP contribution in [0.25, 0.3) is 11.3 Å². The second-order valence-electron chi connectivity index (χ2n) is 12.2. The van der Waals surface area contributed by atoms with Crippen molar-refractivity contribution in [3.05, 3.63) is 89.1 Å². The second-order valence-corrected chi connectivity index (χ2v) is 13.9. The van der Waals surface area contributed by atoms with Gasteiger partial charge >= 0.3 is 0 Å². The van der Waals surface area contributed by atoms with Gasteiger partial charge in [0, 0.05) is 43.0 Å². The summed E-state index contributed by atoms with van der Waals surface area (Å²) in [6, 6.07) is 17.0. The first-order valence-electron chi connectivity index (χ1n) is 15.8. The van der Waals surface area contributed by atoms with Gasteiger partial charge in [-0.1, -0.05) is 44.2 Å². The van der Waals surface area contributed by atoms with Gasteiger partial charge in [0.1, 0.15) is 12.4 Å². The lowest BCUT2D eigenvalue weighted by Crippen LogP contribution is -2.44. The number of hydrogen-bond acceptors (Lipinski definition) is 9. The molecule has 4 aromatic rings. The molecular weight excluding hydrogens is 616 g/mol. The van der Waals surface area contributed by atoms with Gasteiger partial charge in [-0.2, -0.15) is 4.98 Å². The summed E-state index contributed by atoms with van der Waals surface area (Å²) in [5.41, 5.74) is 4.36. The minimum absolute atomic E-state index is 0.0145. The number of carbonyl (C=O) groups is 1. The van der Waals surface area contributed by atoms with Crippen LogP contribution >= 0.6 is 0 Å². The summed E-state index contributed by atoms with van der Waals surface area (Å²) in [7, 11) is -4.16. The highest BCUT2D eigenvalue weighted by molar-refractivity contribution is 7.92. The van der Waals surface area contributed by atoms with Crippen LogP contribution in [0.3, 0.4) is 0 Å². The molecule has 0 unspecified atom stereocenters. The fraction of sp³-hybridized carbons (Fsp3) is 0.371. The number of carbonyl (C=O) groups excluding carboxylic acids is 1. The van der Waals surface area contributed by atoms with E-state index in [1.165, 1.54) is 12.1 Å². The minimum atomic E-state index is -4.16. The first-order chi connectivity index (χ1) is 22.5. The molecule has 4 bridgehead atoms. The molecule has 0 saturated carbocycles. The largest absolute Gasteiger partial charge is 0.475 e. The lowest BCUT2D eigenvalue weighted by atomic mass is 10.00. The molecular formula is C35H42N6O5S. The normalized spacial score (nSPS) is 16.0. The summed E-state index contributed by atoms with van der Waals surface area (Å²) in [4.78, 5) is 31.6. The van der Waals surface area contributed by atoms with E-state index in [0.29, 0.717) is 25.2 Å². The molecule has 0 radical (unpaired) electrons. The Balaban J connectivity index is 1.60. The first-order valence-corrected chi connectivity index (χ1v) is 17.3. The van der Waals surface area contributed by atoms with E-state index >= 15 is 0 Å². The van der Waals surface area contributed by atoms with Crippen molar-refractivity contribution in [2.75, 3.05) is 35.9 Å². The molecule has 2 aromatic carbocycles. The van der Waals surface area contributed by atoms with E-state index in [2.05, 4.69) is 33.5 Å². The molecule has 0 aliphatic carbocycles. The van der Waals surface area contributed by atoms with E-state index in [1.54, 1.807) is 29.3 Å². The number of fused-ring (bicyclic) bond motifs is 4. The van der Waals surface area contributed by atoms with Crippen LogP contribution in [0.4, 0.5) is 11.8 Å². The molecule has 47 heavy (non-hydrogen) atoms. The van der Waals surface area contributed by atoms with E-state index in [9.17, 15) is 18.3 Å². The molecule has 2 aromatic heterocycles. The number of anilines is 2. The van der Waals surface area contributed by atoms with Crippen molar-refractivity contribution in [3.63, 3.8) is 0 Å². The lowest BCUT2D eigenvalue weighted by molar-refractivity contribution is 0.0553. The van der Waals surface area contributed by atoms with Crippen LogP contribution in [0, 0.1) is 19.8 Å². The van der Waals surface area contributed by atoms with Crippen molar-refractivity contribution < 1.29 is 23.1 Å². The molecule has 1 aliphatic rings. The number of sulfonamides is 1. The molecule has 0 saturated heterocycles. The Morgan fingerprint density at radius 3 is 2.47 bits per heavy atom. The van der Waals surface area contributed by atoms with Gasteiger partial charge in [-0.05, 0) is 74.1 Å².